The van der Waals surface area contributed by atoms with Crippen molar-refractivity contribution in [3.8, 4) is 22.9 Å². The van der Waals surface area contributed by atoms with Crippen LogP contribution in [-0.4, -0.2) is 40.7 Å². The van der Waals surface area contributed by atoms with E-state index in [0.29, 0.717) is 13.2 Å². The second-order valence-electron chi connectivity index (χ2n) is 9.09. The van der Waals surface area contributed by atoms with E-state index in [9.17, 15) is 0 Å². The third-order valence-corrected chi connectivity index (χ3v) is 6.60. The van der Waals surface area contributed by atoms with Crippen LogP contribution in [0.5, 0.6) is 11.5 Å². The fourth-order valence-electron chi connectivity index (χ4n) is 4.47. The van der Waals surface area contributed by atoms with Crippen LogP contribution in [0, 0.1) is 0 Å². The quantitative estimate of drug-likeness (QED) is 0.177. The molecule has 1 aromatic heterocycles. The number of aryl methyl sites for hydroxylation is 1. The van der Waals surface area contributed by atoms with Crippen molar-refractivity contribution in [1.82, 2.24) is 14.5 Å². The zero-order valence-electron chi connectivity index (χ0n) is 22.0. The van der Waals surface area contributed by atoms with Crippen LogP contribution in [-0.2, 0) is 13.2 Å². The fraction of sp³-hybridized carbons (Fsp3) is 0.387. The molecule has 190 valence electrons. The molecule has 1 heterocycles. The summed E-state index contributed by atoms with van der Waals surface area (Å²) in [6.07, 6.45) is 3.22. The lowest BCUT2D eigenvalue weighted by Gasteiger charge is -2.17. The van der Waals surface area contributed by atoms with E-state index in [1.165, 1.54) is 0 Å². The zero-order valence-corrected chi connectivity index (χ0v) is 22.0. The van der Waals surface area contributed by atoms with Crippen molar-refractivity contribution in [3.05, 3.63) is 78.4 Å². The molecule has 0 aliphatic heterocycles. The molecule has 5 nitrogen and oxygen atoms in total. The van der Waals surface area contributed by atoms with Gasteiger partial charge in [0.2, 0.25) is 0 Å². The Hall–Kier alpha value is -3.31. The van der Waals surface area contributed by atoms with Crippen LogP contribution in [0.15, 0.2) is 72.8 Å². The summed E-state index contributed by atoms with van der Waals surface area (Å²) in [5, 5.41) is 0. The summed E-state index contributed by atoms with van der Waals surface area (Å²) < 4.78 is 14.8. The first-order valence-electron chi connectivity index (χ1n) is 13.3. The number of hydrogen-bond acceptors (Lipinski definition) is 4. The molecule has 0 radical (unpaired) electrons. The van der Waals surface area contributed by atoms with Crippen LogP contribution >= 0.6 is 0 Å². The number of unbranched alkanes of at least 4 members (excludes halogenated alkanes) is 1. The van der Waals surface area contributed by atoms with Crippen molar-refractivity contribution in [1.29, 1.82) is 0 Å². The smallest absolute Gasteiger partial charge is 0.144 e. The maximum atomic E-state index is 6.28. The molecule has 3 aromatic carbocycles. The first kappa shape index (κ1) is 25.8. The third kappa shape index (κ3) is 6.46. The first-order chi connectivity index (χ1) is 17.7. The molecule has 4 rings (SSSR count). The molecule has 0 saturated carbocycles. The maximum absolute atomic E-state index is 6.28. The number of aromatic nitrogens is 2. The molecule has 0 spiro atoms. The number of hydrogen-bond donors (Lipinski definition) is 0. The van der Waals surface area contributed by atoms with Gasteiger partial charge in [0.15, 0.2) is 0 Å². The Morgan fingerprint density at radius 1 is 0.833 bits per heavy atom. The van der Waals surface area contributed by atoms with Gasteiger partial charge in [-0.1, -0.05) is 69.7 Å². The van der Waals surface area contributed by atoms with Crippen molar-refractivity contribution in [2.75, 3.05) is 26.2 Å². The molecule has 0 unspecified atom stereocenters. The highest BCUT2D eigenvalue weighted by Gasteiger charge is 2.17. The molecule has 0 fully saturated rings. The van der Waals surface area contributed by atoms with Gasteiger partial charge < -0.3 is 18.9 Å². The van der Waals surface area contributed by atoms with Gasteiger partial charge in [-0.05, 0) is 55.8 Å². The molecule has 0 atom stereocenters. The Morgan fingerprint density at radius 3 is 2.39 bits per heavy atom. The van der Waals surface area contributed by atoms with Crippen molar-refractivity contribution in [2.45, 2.75) is 53.2 Å². The average Bonchev–Trinajstić information content (AvgIpc) is 3.29. The zero-order chi connectivity index (χ0) is 25.2. The molecule has 4 aromatic rings. The van der Waals surface area contributed by atoms with Gasteiger partial charge in [-0.25, -0.2) is 4.98 Å². The van der Waals surface area contributed by atoms with Crippen LogP contribution < -0.4 is 9.47 Å². The van der Waals surface area contributed by atoms with Crippen LogP contribution in [0.25, 0.3) is 22.4 Å². The topological polar surface area (TPSA) is 39.5 Å². The van der Waals surface area contributed by atoms with Crippen LogP contribution in [0.4, 0.5) is 0 Å². The summed E-state index contributed by atoms with van der Waals surface area (Å²) in [4.78, 5) is 7.48. The molecular formula is C31H39N3O2. The van der Waals surface area contributed by atoms with Crippen LogP contribution in [0.3, 0.4) is 0 Å². The van der Waals surface area contributed by atoms with E-state index < -0.39 is 0 Å². The van der Waals surface area contributed by atoms with E-state index in [4.69, 9.17) is 14.5 Å². The number of benzene rings is 3. The summed E-state index contributed by atoms with van der Waals surface area (Å²) >= 11 is 0. The number of rotatable bonds is 14. The molecular weight excluding hydrogens is 446 g/mol. The lowest BCUT2D eigenvalue weighted by Crippen LogP contribution is -2.25. The van der Waals surface area contributed by atoms with Crippen LogP contribution in [0.2, 0.25) is 0 Å². The van der Waals surface area contributed by atoms with Gasteiger partial charge >= 0.3 is 0 Å². The molecule has 0 bridgehead atoms. The minimum Gasteiger partial charge on any atom is -0.493 e. The second-order valence-corrected chi connectivity index (χ2v) is 9.09. The van der Waals surface area contributed by atoms with Gasteiger partial charge in [-0.15, -0.1) is 0 Å². The lowest BCUT2D eigenvalue weighted by atomic mass is 10.1. The Morgan fingerprint density at radius 2 is 1.61 bits per heavy atom. The summed E-state index contributed by atoms with van der Waals surface area (Å²) in [6, 6.07) is 24.8. The van der Waals surface area contributed by atoms with E-state index in [1.807, 2.05) is 36.4 Å². The fourth-order valence-corrected chi connectivity index (χ4v) is 4.47. The predicted octanol–water partition coefficient (Wildman–Crippen LogP) is 7.19. The minimum atomic E-state index is 0.526. The van der Waals surface area contributed by atoms with Crippen molar-refractivity contribution in [3.63, 3.8) is 0 Å². The van der Waals surface area contributed by atoms with E-state index in [2.05, 4.69) is 66.6 Å². The molecule has 5 heteroatoms. The summed E-state index contributed by atoms with van der Waals surface area (Å²) in [6.45, 7) is 12.0. The monoisotopic (exact) mass is 485 g/mol. The van der Waals surface area contributed by atoms with Gasteiger partial charge in [0, 0.05) is 19.2 Å². The number of para-hydroxylation sites is 1. The van der Waals surface area contributed by atoms with E-state index in [1.54, 1.807) is 0 Å². The number of nitrogens with zero attached hydrogens (tertiary/aromatic N) is 3. The largest absolute Gasteiger partial charge is 0.493 e. The Labute approximate surface area is 215 Å². The molecule has 36 heavy (non-hydrogen) atoms. The number of fused-ring (bicyclic) bond motifs is 1. The van der Waals surface area contributed by atoms with Crippen molar-refractivity contribution < 1.29 is 9.47 Å². The number of imidazole rings is 1. The minimum absolute atomic E-state index is 0.526. The van der Waals surface area contributed by atoms with Gasteiger partial charge in [0.1, 0.15) is 23.9 Å². The molecule has 0 amide bonds. The Kier molecular flexibility index (Phi) is 9.40. The van der Waals surface area contributed by atoms with Gasteiger partial charge in [0.05, 0.1) is 23.2 Å². The molecule has 0 aliphatic carbocycles. The van der Waals surface area contributed by atoms with Gasteiger partial charge in [0.25, 0.3) is 0 Å². The predicted molar refractivity (Wildman–Crippen MR) is 149 cm³/mol. The standard InChI is InChI=1S/C31H39N3O2/c1-4-7-21-34-29-23-26(35-22-13-20-33(5-2)6-3)18-19-28(29)32-31(34)27-16-11-12-17-30(27)36-24-25-14-9-8-10-15-25/h8-12,14-19,23H,4-7,13,20-22,24H2,1-3H3. The van der Waals surface area contributed by atoms with Gasteiger partial charge in [-0.3, -0.25) is 0 Å². The average molecular weight is 486 g/mol. The van der Waals surface area contributed by atoms with Crippen molar-refractivity contribution in [2.24, 2.45) is 0 Å². The van der Waals surface area contributed by atoms with E-state index in [0.717, 1.165) is 84.9 Å². The summed E-state index contributed by atoms with van der Waals surface area (Å²) in [7, 11) is 0. The SMILES string of the molecule is CCCCn1c(-c2ccccc2OCc2ccccc2)nc2ccc(OCCCN(CC)CC)cc21. The second kappa shape index (κ2) is 13.1. The van der Waals surface area contributed by atoms with E-state index >= 15 is 0 Å². The Balaban J connectivity index is 1.58. The lowest BCUT2D eigenvalue weighted by molar-refractivity contribution is 0.249. The highest BCUT2D eigenvalue weighted by atomic mass is 16.5. The first-order valence-corrected chi connectivity index (χ1v) is 13.3. The Bertz CT molecular complexity index is 1220. The molecule has 0 N–H and O–H groups in total. The maximum Gasteiger partial charge on any atom is 0.144 e. The molecule has 0 aliphatic rings. The highest BCUT2D eigenvalue weighted by Crippen LogP contribution is 2.34. The summed E-state index contributed by atoms with van der Waals surface area (Å²) in [5.74, 6) is 2.70. The molecule has 0 saturated heterocycles. The van der Waals surface area contributed by atoms with Crippen molar-refractivity contribution >= 4 is 11.0 Å². The highest BCUT2D eigenvalue weighted by molar-refractivity contribution is 5.83. The number of ether oxygens (including phenoxy) is 2. The van der Waals surface area contributed by atoms with Gasteiger partial charge in [-0.2, -0.15) is 0 Å². The summed E-state index contributed by atoms with van der Waals surface area (Å²) in [5.41, 5.74) is 4.25. The van der Waals surface area contributed by atoms with Crippen LogP contribution in [0.1, 0.15) is 45.6 Å². The normalized spacial score (nSPS) is 11.3. The third-order valence-electron chi connectivity index (χ3n) is 6.60. The van der Waals surface area contributed by atoms with E-state index in [-0.39, 0.29) is 0 Å².